The molecule has 0 saturated heterocycles. The van der Waals surface area contributed by atoms with E-state index >= 15 is 0 Å². The highest BCUT2D eigenvalue weighted by Gasteiger charge is 2.39. The molecule has 4 aromatic carbocycles. The van der Waals surface area contributed by atoms with Crippen LogP contribution in [0.4, 0.5) is 36.4 Å². The fourth-order valence-corrected chi connectivity index (χ4v) is 9.50. The third kappa shape index (κ3) is 13.7. The Hall–Kier alpha value is -7.41. The largest absolute Gasteiger partial charge is 0.496 e. The standard InChI is InChI=1S/C52H62N6O12S/c1-32(29-56(8)47(61)55-38-18-23-43(71(65,66)39-19-20-39)36(27-38)30-57(9)48(62)68-31-33-14-12-11-13-15-33)41-28-35(16-22-42(41)67-10)44(46(59)60)54-37-17-21-40-34(26-37)24-25-53-45(40)58(49(63)69-51(2,3)4)50(64)70-52(5,6)7/h11-18,21-28,32,39,44,54H,19-20,29-31H2,1-10H3,(H,55,61)(H,59,60)/t32-,44?/m1/s1. The van der Waals surface area contributed by atoms with Crippen LogP contribution in [0.3, 0.4) is 0 Å². The Labute approximate surface area is 414 Å². The van der Waals surface area contributed by atoms with Gasteiger partial charge in [-0.05, 0) is 137 Å². The number of nitrogens with zero attached hydrogens (tertiary/aromatic N) is 4. The van der Waals surface area contributed by atoms with E-state index in [1.54, 1.807) is 97.1 Å². The number of rotatable bonds is 16. The number of carbonyl (C=O) groups excluding carboxylic acids is 4. The van der Waals surface area contributed by atoms with Gasteiger partial charge in [0.15, 0.2) is 21.7 Å². The maximum absolute atomic E-state index is 13.7. The molecule has 1 saturated carbocycles. The second-order valence-corrected chi connectivity index (χ2v) is 21.7. The summed E-state index contributed by atoms with van der Waals surface area (Å²) in [5.74, 6) is -1.15. The maximum Gasteiger partial charge on any atom is 0.425 e. The maximum atomic E-state index is 13.7. The zero-order valence-electron chi connectivity index (χ0n) is 41.6. The number of aromatic nitrogens is 1. The van der Waals surface area contributed by atoms with Gasteiger partial charge in [0.05, 0.1) is 23.8 Å². The fourth-order valence-electron chi connectivity index (χ4n) is 7.64. The van der Waals surface area contributed by atoms with Crippen molar-refractivity contribution >= 4 is 68.1 Å². The van der Waals surface area contributed by atoms with E-state index in [9.17, 15) is 37.5 Å². The van der Waals surface area contributed by atoms with Gasteiger partial charge in [-0.2, -0.15) is 4.90 Å². The average Bonchev–Trinajstić information content (AvgIpc) is 4.16. The van der Waals surface area contributed by atoms with E-state index in [1.807, 2.05) is 37.3 Å². The predicted octanol–water partition coefficient (Wildman–Crippen LogP) is 10.1. The highest BCUT2D eigenvalue weighted by atomic mass is 32.2. The third-order valence-corrected chi connectivity index (χ3v) is 13.5. The van der Waals surface area contributed by atoms with E-state index in [0.717, 1.165) is 10.5 Å². The number of imide groups is 1. The van der Waals surface area contributed by atoms with Gasteiger partial charge in [0.25, 0.3) is 0 Å². The fraction of sp³-hybridized carbons (Fsp3) is 0.385. The van der Waals surface area contributed by atoms with E-state index in [1.165, 1.54) is 42.3 Å². The summed E-state index contributed by atoms with van der Waals surface area (Å²) in [7, 11) is 0.906. The molecule has 3 N–H and O–H groups in total. The van der Waals surface area contributed by atoms with Crippen molar-refractivity contribution in [3.63, 3.8) is 0 Å². The summed E-state index contributed by atoms with van der Waals surface area (Å²) in [5, 5.41) is 16.9. The van der Waals surface area contributed by atoms with Crippen molar-refractivity contribution in [3.05, 3.63) is 119 Å². The van der Waals surface area contributed by atoms with Gasteiger partial charge in [0.1, 0.15) is 23.6 Å². The third-order valence-electron chi connectivity index (χ3n) is 11.2. The minimum atomic E-state index is -3.69. The number of pyridine rings is 1. The normalized spacial score (nSPS) is 13.5. The van der Waals surface area contributed by atoms with E-state index in [-0.39, 0.29) is 30.4 Å². The number of hydrogen-bond acceptors (Lipinski definition) is 13. The quantitative estimate of drug-likeness (QED) is 0.0783. The van der Waals surface area contributed by atoms with Gasteiger partial charge in [-0.25, -0.2) is 37.4 Å². The molecule has 1 aliphatic rings. The summed E-state index contributed by atoms with van der Waals surface area (Å²) < 4.78 is 49.3. The van der Waals surface area contributed by atoms with Crippen LogP contribution in [0, 0.1) is 0 Å². The molecule has 2 atom stereocenters. The van der Waals surface area contributed by atoms with Crippen LogP contribution in [0.15, 0.2) is 102 Å². The highest BCUT2D eigenvalue weighted by molar-refractivity contribution is 7.92. The average molecular weight is 995 g/mol. The van der Waals surface area contributed by atoms with E-state index in [2.05, 4.69) is 15.6 Å². The molecular formula is C52H62N6O12S. The molecule has 378 valence electrons. The SMILES string of the molecule is COc1ccc(C(Nc2ccc3c(N(C(=O)OC(C)(C)C)C(=O)OC(C)(C)C)nccc3c2)C(=O)O)cc1[C@H](C)CN(C)C(=O)Nc1ccc(S(=O)(=O)C2CC2)c(CN(C)C(=O)OCc2ccccc2)c1. The Morgan fingerprint density at radius 2 is 1.45 bits per heavy atom. The Kier molecular flexibility index (Phi) is 16.2. The van der Waals surface area contributed by atoms with Gasteiger partial charge < -0.3 is 44.5 Å². The van der Waals surface area contributed by atoms with Crippen LogP contribution in [0.2, 0.25) is 0 Å². The molecule has 71 heavy (non-hydrogen) atoms. The number of ether oxygens (including phenoxy) is 4. The molecule has 18 nitrogen and oxygen atoms in total. The Bertz CT molecular complexity index is 2870. The number of nitrogens with one attached hydrogen (secondary N) is 2. The Balaban J connectivity index is 1.18. The van der Waals surface area contributed by atoms with Gasteiger partial charge in [-0.15, -0.1) is 0 Å². The number of aliphatic carboxylic acids is 1. The molecule has 1 aromatic heterocycles. The van der Waals surface area contributed by atoms with Crippen molar-refractivity contribution in [2.45, 2.75) is 108 Å². The van der Waals surface area contributed by atoms with Crippen LogP contribution in [0.25, 0.3) is 10.8 Å². The number of fused-ring (bicyclic) bond motifs is 1. The number of methoxy groups -OCH3 is 1. The molecule has 0 aliphatic heterocycles. The smallest absolute Gasteiger partial charge is 0.425 e. The van der Waals surface area contributed by atoms with Crippen molar-refractivity contribution < 1.29 is 56.4 Å². The first-order valence-corrected chi connectivity index (χ1v) is 24.5. The molecule has 1 unspecified atom stereocenters. The second kappa shape index (κ2) is 21.7. The molecule has 0 spiro atoms. The monoisotopic (exact) mass is 994 g/mol. The minimum Gasteiger partial charge on any atom is -0.496 e. The lowest BCUT2D eigenvalue weighted by molar-refractivity contribution is -0.138. The van der Waals surface area contributed by atoms with Crippen molar-refractivity contribution in [1.82, 2.24) is 14.8 Å². The van der Waals surface area contributed by atoms with Crippen molar-refractivity contribution in [3.8, 4) is 5.75 Å². The van der Waals surface area contributed by atoms with Crippen LogP contribution in [-0.2, 0) is 42.0 Å². The molecule has 1 heterocycles. The number of urea groups is 1. The Morgan fingerprint density at radius 1 is 0.803 bits per heavy atom. The zero-order valence-corrected chi connectivity index (χ0v) is 42.5. The summed E-state index contributed by atoms with van der Waals surface area (Å²) in [6.07, 6.45) is -0.124. The van der Waals surface area contributed by atoms with Gasteiger partial charge in [0, 0.05) is 49.5 Å². The first kappa shape index (κ1) is 53.0. The summed E-state index contributed by atoms with van der Waals surface area (Å²) in [6.45, 7) is 12.0. The Morgan fingerprint density at radius 3 is 2.06 bits per heavy atom. The number of amides is 5. The van der Waals surface area contributed by atoms with Gasteiger partial charge in [-0.1, -0.05) is 43.3 Å². The molecule has 6 rings (SSSR count). The molecular weight excluding hydrogens is 933 g/mol. The summed E-state index contributed by atoms with van der Waals surface area (Å²) in [5.41, 5.74) is 0.945. The number of likely N-dealkylation sites (N-methyl/N-ethyl adjacent to an activating group) is 1. The van der Waals surface area contributed by atoms with E-state index in [0.29, 0.717) is 57.4 Å². The van der Waals surface area contributed by atoms with Crippen LogP contribution in [0.5, 0.6) is 5.75 Å². The van der Waals surface area contributed by atoms with Crippen LogP contribution in [0.1, 0.15) is 95.5 Å². The number of carbonyl (C=O) groups is 5. The molecule has 0 bridgehead atoms. The number of carboxylic acid groups (broad SMARTS) is 1. The van der Waals surface area contributed by atoms with Gasteiger partial charge in [0.2, 0.25) is 0 Å². The highest BCUT2D eigenvalue weighted by Crippen LogP contribution is 2.37. The van der Waals surface area contributed by atoms with Crippen molar-refractivity contribution in [1.29, 1.82) is 0 Å². The first-order valence-electron chi connectivity index (χ1n) is 23.0. The van der Waals surface area contributed by atoms with E-state index in [4.69, 9.17) is 18.9 Å². The number of anilines is 3. The predicted molar refractivity (Wildman–Crippen MR) is 268 cm³/mol. The summed E-state index contributed by atoms with van der Waals surface area (Å²) >= 11 is 0. The lowest BCUT2D eigenvalue weighted by Gasteiger charge is -2.28. The molecule has 5 amide bonds. The van der Waals surface area contributed by atoms with Crippen LogP contribution >= 0.6 is 0 Å². The zero-order chi connectivity index (χ0) is 52.0. The molecule has 0 radical (unpaired) electrons. The first-order chi connectivity index (χ1) is 33.3. The van der Waals surface area contributed by atoms with Crippen molar-refractivity contribution in [2.75, 3.05) is 43.3 Å². The van der Waals surface area contributed by atoms with Gasteiger partial charge >= 0.3 is 30.3 Å². The lowest BCUT2D eigenvalue weighted by atomic mass is 9.94. The lowest BCUT2D eigenvalue weighted by Crippen LogP contribution is -2.44. The molecule has 1 fully saturated rings. The molecule has 1 aliphatic carbocycles. The van der Waals surface area contributed by atoms with Gasteiger partial charge in [-0.3, -0.25) is 0 Å². The topological polar surface area (TPSA) is 223 Å². The number of benzene rings is 4. The van der Waals surface area contributed by atoms with E-state index < -0.39 is 68.5 Å². The molecule has 19 heteroatoms. The second-order valence-electron chi connectivity index (χ2n) is 19.5. The van der Waals surface area contributed by atoms with Crippen LogP contribution in [-0.4, -0.2) is 103 Å². The summed E-state index contributed by atoms with van der Waals surface area (Å²) in [4.78, 5) is 74.5. The summed E-state index contributed by atoms with van der Waals surface area (Å²) in [6, 6.07) is 23.4. The number of hydrogen-bond donors (Lipinski definition) is 3. The number of sulfone groups is 1. The van der Waals surface area contributed by atoms with Crippen molar-refractivity contribution in [2.24, 2.45) is 0 Å². The minimum absolute atomic E-state index is 0.0383. The van der Waals surface area contributed by atoms with Crippen LogP contribution < -0.4 is 20.3 Å². The molecule has 5 aromatic rings. The number of carboxylic acids is 1.